The maximum atomic E-state index is 11.4. The van der Waals surface area contributed by atoms with Crippen LogP contribution in [0.25, 0.3) is 0 Å². The van der Waals surface area contributed by atoms with E-state index in [-0.39, 0.29) is 11.7 Å². The maximum Gasteiger partial charge on any atom is 0.266 e. The Morgan fingerprint density at radius 1 is 1.27 bits per heavy atom. The third-order valence-corrected chi connectivity index (χ3v) is 4.99. The number of benzene rings is 1. The summed E-state index contributed by atoms with van der Waals surface area (Å²) < 4.78 is 5.83. The number of nitrogens with one attached hydrogen (secondary N) is 1. The molecule has 2 heterocycles. The van der Waals surface area contributed by atoms with Gasteiger partial charge in [0.05, 0.1) is 23.0 Å². The summed E-state index contributed by atoms with van der Waals surface area (Å²) in [6.45, 7) is 8.58. The summed E-state index contributed by atoms with van der Waals surface area (Å²) in [6, 6.07) is 7.63. The van der Waals surface area contributed by atoms with Gasteiger partial charge < -0.3 is 9.64 Å². The number of hydrogen-bond donors (Lipinski definition) is 1. The SMILES string of the molecule is CCC(C)Oc1ccc(CN2CCN(c3cn[nH]c(=O)c3)CC2)cc1Cl. The van der Waals surface area contributed by atoms with Crippen LogP contribution < -0.4 is 15.2 Å². The molecule has 26 heavy (non-hydrogen) atoms. The van der Waals surface area contributed by atoms with Crippen LogP contribution in [0, 0.1) is 0 Å². The molecule has 2 aromatic rings. The number of halogens is 1. The molecule has 1 unspecified atom stereocenters. The molecule has 1 fully saturated rings. The quantitative estimate of drug-likeness (QED) is 0.839. The van der Waals surface area contributed by atoms with E-state index < -0.39 is 0 Å². The van der Waals surface area contributed by atoms with E-state index in [0.717, 1.165) is 50.6 Å². The molecule has 0 bridgehead atoms. The van der Waals surface area contributed by atoms with Crippen molar-refractivity contribution in [2.24, 2.45) is 0 Å². The second-order valence-corrected chi connectivity index (χ2v) is 7.08. The van der Waals surface area contributed by atoms with Crippen LogP contribution in [-0.4, -0.2) is 47.4 Å². The Labute approximate surface area is 158 Å². The van der Waals surface area contributed by atoms with Gasteiger partial charge in [-0.1, -0.05) is 24.6 Å². The third-order valence-electron chi connectivity index (χ3n) is 4.69. The van der Waals surface area contributed by atoms with E-state index in [1.165, 1.54) is 5.56 Å². The van der Waals surface area contributed by atoms with E-state index in [1.54, 1.807) is 12.3 Å². The number of ether oxygens (including phenoxy) is 1. The summed E-state index contributed by atoms with van der Waals surface area (Å²) in [7, 11) is 0. The fourth-order valence-corrected chi connectivity index (χ4v) is 3.25. The molecule has 1 N–H and O–H groups in total. The molecule has 1 atom stereocenters. The van der Waals surface area contributed by atoms with Gasteiger partial charge >= 0.3 is 0 Å². The topological polar surface area (TPSA) is 61.5 Å². The molecule has 0 amide bonds. The van der Waals surface area contributed by atoms with Gasteiger partial charge in [-0.3, -0.25) is 9.69 Å². The van der Waals surface area contributed by atoms with Crippen LogP contribution in [0.2, 0.25) is 5.02 Å². The van der Waals surface area contributed by atoms with Crippen molar-refractivity contribution >= 4 is 17.3 Å². The Morgan fingerprint density at radius 2 is 2.04 bits per heavy atom. The Hall–Kier alpha value is -2.05. The van der Waals surface area contributed by atoms with Crippen molar-refractivity contribution in [3.05, 3.63) is 51.4 Å². The lowest BCUT2D eigenvalue weighted by Gasteiger charge is -2.35. The number of aromatic nitrogens is 2. The molecular formula is C19H25ClN4O2. The molecular weight excluding hydrogens is 352 g/mol. The predicted octanol–water partition coefficient (Wildman–Crippen LogP) is 2.92. The first kappa shape index (κ1) is 18.7. The predicted molar refractivity (Wildman–Crippen MR) is 104 cm³/mol. The molecule has 3 rings (SSSR count). The van der Waals surface area contributed by atoms with E-state index in [2.05, 4.69) is 33.0 Å². The minimum absolute atomic E-state index is 0.158. The summed E-state index contributed by atoms with van der Waals surface area (Å²) in [6.07, 6.45) is 2.81. The van der Waals surface area contributed by atoms with Crippen LogP contribution >= 0.6 is 11.6 Å². The number of hydrogen-bond acceptors (Lipinski definition) is 5. The second-order valence-electron chi connectivity index (χ2n) is 6.67. The van der Waals surface area contributed by atoms with Crippen molar-refractivity contribution in [1.82, 2.24) is 15.1 Å². The van der Waals surface area contributed by atoms with E-state index >= 15 is 0 Å². The summed E-state index contributed by atoms with van der Waals surface area (Å²) in [5.74, 6) is 0.747. The summed E-state index contributed by atoms with van der Waals surface area (Å²) in [5, 5.41) is 6.95. The molecule has 1 saturated heterocycles. The molecule has 0 saturated carbocycles. The van der Waals surface area contributed by atoms with Gasteiger partial charge in [-0.2, -0.15) is 5.10 Å². The minimum atomic E-state index is -0.167. The van der Waals surface area contributed by atoms with Crippen LogP contribution in [0.15, 0.2) is 35.3 Å². The standard InChI is InChI=1S/C19H25ClN4O2/c1-3-14(2)26-18-5-4-15(10-17(18)20)13-23-6-8-24(9-7-23)16-11-19(25)22-21-12-16/h4-5,10-12,14H,3,6-9,13H2,1-2H3,(H,22,25). The summed E-state index contributed by atoms with van der Waals surface area (Å²) >= 11 is 6.37. The van der Waals surface area contributed by atoms with Gasteiger partial charge in [0.15, 0.2) is 0 Å². The van der Waals surface area contributed by atoms with E-state index in [1.807, 2.05) is 19.1 Å². The lowest BCUT2D eigenvalue weighted by molar-refractivity contribution is 0.217. The highest BCUT2D eigenvalue weighted by atomic mass is 35.5. The summed E-state index contributed by atoms with van der Waals surface area (Å²) in [5.41, 5.74) is 1.89. The lowest BCUT2D eigenvalue weighted by Crippen LogP contribution is -2.46. The molecule has 0 aliphatic carbocycles. The Kier molecular flexibility index (Phi) is 6.16. The first-order valence-corrected chi connectivity index (χ1v) is 9.40. The van der Waals surface area contributed by atoms with Gasteiger partial charge in [0.1, 0.15) is 5.75 Å². The molecule has 0 radical (unpaired) electrons. The molecule has 1 aliphatic heterocycles. The molecule has 6 nitrogen and oxygen atoms in total. The maximum absolute atomic E-state index is 11.4. The molecule has 1 aromatic heterocycles. The number of H-pyrrole nitrogens is 1. The number of rotatable bonds is 6. The van der Waals surface area contributed by atoms with Crippen molar-refractivity contribution < 1.29 is 4.74 Å². The highest BCUT2D eigenvalue weighted by molar-refractivity contribution is 6.32. The Morgan fingerprint density at radius 3 is 2.69 bits per heavy atom. The largest absolute Gasteiger partial charge is 0.489 e. The molecule has 0 spiro atoms. The van der Waals surface area contributed by atoms with Crippen LogP contribution in [0.4, 0.5) is 5.69 Å². The van der Waals surface area contributed by atoms with Crippen LogP contribution in [0.1, 0.15) is 25.8 Å². The number of anilines is 1. The van der Waals surface area contributed by atoms with Gasteiger partial charge in [0.25, 0.3) is 5.56 Å². The van der Waals surface area contributed by atoms with Crippen molar-refractivity contribution in [2.75, 3.05) is 31.1 Å². The van der Waals surface area contributed by atoms with Gasteiger partial charge in [-0.25, -0.2) is 5.10 Å². The van der Waals surface area contributed by atoms with Crippen molar-refractivity contribution in [3.63, 3.8) is 0 Å². The zero-order valence-corrected chi connectivity index (χ0v) is 16.0. The average Bonchev–Trinajstić information content (AvgIpc) is 2.64. The number of nitrogens with zero attached hydrogens (tertiary/aromatic N) is 3. The van der Waals surface area contributed by atoms with Crippen molar-refractivity contribution in [3.8, 4) is 5.75 Å². The molecule has 7 heteroatoms. The monoisotopic (exact) mass is 376 g/mol. The van der Waals surface area contributed by atoms with Crippen LogP contribution in [0.3, 0.4) is 0 Å². The van der Waals surface area contributed by atoms with E-state index in [0.29, 0.717) is 5.02 Å². The van der Waals surface area contributed by atoms with Gasteiger partial charge in [-0.15, -0.1) is 0 Å². The zero-order valence-electron chi connectivity index (χ0n) is 15.2. The molecule has 140 valence electrons. The fourth-order valence-electron chi connectivity index (χ4n) is 3.00. The second kappa shape index (κ2) is 8.56. The lowest BCUT2D eigenvalue weighted by atomic mass is 10.2. The normalized spacial score (nSPS) is 16.5. The Bertz CT molecular complexity index is 787. The fraction of sp³-hybridized carbons (Fsp3) is 0.474. The minimum Gasteiger partial charge on any atom is -0.489 e. The molecule has 1 aromatic carbocycles. The highest BCUT2D eigenvalue weighted by Gasteiger charge is 2.18. The Balaban J connectivity index is 1.56. The molecule has 1 aliphatic rings. The van der Waals surface area contributed by atoms with Crippen molar-refractivity contribution in [1.29, 1.82) is 0 Å². The first-order valence-electron chi connectivity index (χ1n) is 9.02. The van der Waals surface area contributed by atoms with Gasteiger partial charge in [0.2, 0.25) is 0 Å². The number of piperazine rings is 1. The van der Waals surface area contributed by atoms with E-state index in [4.69, 9.17) is 16.3 Å². The van der Waals surface area contributed by atoms with E-state index in [9.17, 15) is 4.79 Å². The zero-order chi connectivity index (χ0) is 18.5. The smallest absolute Gasteiger partial charge is 0.266 e. The number of aromatic amines is 1. The summed E-state index contributed by atoms with van der Waals surface area (Å²) in [4.78, 5) is 16.0. The third kappa shape index (κ3) is 4.77. The van der Waals surface area contributed by atoms with Crippen LogP contribution in [0.5, 0.6) is 5.75 Å². The van der Waals surface area contributed by atoms with Crippen molar-refractivity contribution in [2.45, 2.75) is 32.9 Å². The van der Waals surface area contributed by atoms with Gasteiger partial charge in [0, 0.05) is 38.8 Å². The first-order chi connectivity index (χ1) is 12.5. The van der Waals surface area contributed by atoms with Gasteiger partial charge in [-0.05, 0) is 31.0 Å². The van der Waals surface area contributed by atoms with Crippen LogP contribution in [-0.2, 0) is 6.54 Å². The highest BCUT2D eigenvalue weighted by Crippen LogP contribution is 2.27. The average molecular weight is 377 g/mol.